The van der Waals surface area contributed by atoms with Crippen molar-refractivity contribution in [2.24, 2.45) is 0 Å². The normalized spacial score (nSPS) is 11.2. The molecule has 0 unspecified atom stereocenters. The summed E-state index contributed by atoms with van der Waals surface area (Å²) < 4.78 is 7.08. The largest absolute Gasteiger partial charge is 0.381 e. The molecular formula is C11H18N2OS2. The van der Waals surface area contributed by atoms with E-state index in [2.05, 4.69) is 10.2 Å². The molecular weight excluding hydrogens is 240 g/mol. The molecule has 0 amide bonds. The van der Waals surface area contributed by atoms with Crippen molar-refractivity contribution in [3.63, 3.8) is 0 Å². The molecule has 0 atom stereocenters. The number of nitrogens with one attached hydrogen (secondary N) is 1. The van der Waals surface area contributed by atoms with Gasteiger partial charge in [0.25, 0.3) is 0 Å². The van der Waals surface area contributed by atoms with Gasteiger partial charge in [0.1, 0.15) is 0 Å². The van der Waals surface area contributed by atoms with Crippen molar-refractivity contribution in [1.82, 2.24) is 4.90 Å². The molecule has 1 aromatic carbocycles. The van der Waals surface area contributed by atoms with Gasteiger partial charge in [0.05, 0.1) is 27.9 Å². The molecule has 0 aliphatic heterocycles. The molecule has 16 heavy (non-hydrogen) atoms. The summed E-state index contributed by atoms with van der Waals surface area (Å²) >= 11 is 10.2. The first-order valence-electron chi connectivity index (χ1n) is 5.30. The van der Waals surface area contributed by atoms with Crippen LogP contribution in [-0.2, 0) is 4.74 Å². The van der Waals surface area contributed by atoms with E-state index in [0.29, 0.717) is 6.61 Å². The van der Waals surface area contributed by atoms with Crippen molar-refractivity contribution in [1.29, 1.82) is 0 Å². The average Bonchev–Trinajstić information content (AvgIpc) is 2.26. The first-order valence-corrected chi connectivity index (χ1v) is 6.12. The molecule has 5 heteroatoms. The second-order valence-corrected chi connectivity index (χ2v) is 4.82. The van der Waals surface area contributed by atoms with E-state index in [1.807, 2.05) is 21.0 Å². The third-order valence-electron chi connectivity index (χ3n) is 2.38. The van der Waals surface area contributed by atoms with Gasteiger partial charge in [-0.25, -0.2) is 0 Å². The van der Waals surface area contributed by atoms with Gasteiger partial charge in [-0.05, 0) is 26.6 Å². The van der Waals surface area contributed by atoms with Crippen LogP contribution in [0.15, 0.2) is 0 Å². The summed E-state index contributed by atoms with van der Waals surface area (Å²) in [5.74, 6) is 0. The van der Waals surface area contributed by atoms with Crippen molar-refractivity contribution in [3.8, 4) is 0 Å². The zero-order valence-electron chi connectivity index (χ0n) is 10.0. The van der Waals surface area contributed by atoms with Gasteiger partial charge in [-0.1, -0.05) is 24.4 Å². The summed E-state index contributed by atoms with van der Waals surface area (Å²) in [5.41, 5.74) is 2.13. The minimum Gasteiger partial charge on any atom is -0.381 e. The molecule has 0 bridgehead atoms. The van der Waals surface area contributed by atoms with Crippen LogP contribution in [0.4, 0.5) is 5.69 Å². The fraction of sp³-hybridized carbons (Fsp3) is 0.636. The zero-order chi connectivity index (χ0) is 12.1. The molecule has 0 saturated carbocycles. The Morgan fingerprint density at radius 1 is 1.19 bits per heavy atom. The Morgan fingerprint density at radius 2 is 1.88 bits per heavy atom. The van der Waals surface area contributed by atoms with Crippen LogP contribution in [0.2, 0.25) is 0 Å². The average molecular weight is 258 g/mol. The topological polar surface area (TPSA) is 24.5 Å². The van der Waals surface area contributed by atoms with Crippen LogP contribution >= 0.6 is 24.4 Å². The molecule has 0 saturated heterocycles. The van der Waals surface area contributed by atoms with E-state index in [0.717, 1.165) is 40.0 Å². The first-order chi connectivity index (χ1) is 7.54. The SMILES string of the molecule is Cc1c(NCCOCCN(C)C)c(=S)c1=S. The minimum absolute atomic E-state index is 0.694. The summed E-state index contributed by atoms with van der Waals surface area (Å²) in [4.78, 5) is 2.10. The lowest BCUT2D eigenvalue weighted by Gasteiger charge is -2.14. The van der Waals surface area contributed by atoms with E-state index < -0.39 is 0 Å². The highest BCUT2D eigenvalue weighted by Crippen LogP contribution is 2.24. The molecule has 90 valence electrons. The minimum atomic E-state index is 0.694. The summed E-state index contributed by atoms with van der Waals surface area (Å²) in [6.45, 7) is 5.18. The zero-order valence-corrected chi connectivity index (χ0v) is 11.6. The maximum absolute atomic E-state index is 5.46. The number of nitrogens with zero attached hydrogens (tertiary/aromatic N) is 1. The van der Waals surface area contributed by atoms with Crippen molar-refractivity contribution in [3.05, 3.63) is 14.6 Å². The maximum atomic E-state index is 5.46. The molecule has 1 rings (SSSR count). The molecule has 0 heterocycles. The van der Waals surface area contributed by atoms with E-state index in [1.165, 1.54) is 0 Å². The summed E-state index contributed by atoms with van der Waals surface area (Å²) in [7, 11) is 4.06. The molecule has 0 aliphatic carbocycles. The first kappa shape index (κ1) is 13.7. The van der Waals surface area contributed by atoms with E-state index in [1.54, 1.807) is 0 Å². The highest BCUT2D eigenvalue weighted by atomic mass is 32.1. The predicted molar refractivity (Wildman–Crippen MR) is 73.1 cm³/mol. The second-order valence-electron chi connectivity index (χ2n) is 4.00. The number of hydrogen-bond donors (Lipinski definition) is 1. The van der Waals surface area contributed by atoms with Crippen LogP contribution in [0.1, 0.15) is 5.56 Å². The molecule has 1 aromatic rings. The highest BCUT2D eigenvalue weighted by molar-refractivity contribution is 7.74. The van der Waals surface area contributed by atoms with E-state index in [-0.39, 0.29) is 0 Å². The molecule has 0 aliphatic rings. The smallest absolute Gasteiger partial charge is 0.0795 e. The summed E-state index contributed by atoms with van der Waals surface area (Å²) in [6, 6.07) is 0. The van der Waals surface area contributed by atoms with E-state index in [4.69, 9.17) is 29.2 Å². The monoisotopic (exact) mass is 258 g/mol. The molecule has 0 radical (unpaired) electrons. The van der Waals surface area contributed by atoms with Crippen molar-refractivity contribution in [2.75, 3.05) is 45.7 Å². The van der Waals surface area contributed by atoms with E-state index in [9.17, 15) is 0 Å². The molecule has 0 spiro atoms. The Morgan fingerprint density at radius 3 is 2.44 bits per heavy atom. The predicted octanol–water partition coefficient (Wildman–Crippen LogP) is 2.32. The van der Waals surface area contributed by atoms with Crippen molar-refractivity contribution < 1.29 is 4.74 Å². The third-order valence-corrected chi connectivity index (χ3v) is 3.43. The van der Waals surface area contributed by atoms with Gasteiger partial charge < -0.3 is 15.0 Å². The quantitative estimate of drug-likeness (QED) is 0.598. The lowest BCUT2D eigenvalue weighted by Crippen LogP contribution is -2.20. The number of likely N-dealkylation sites (N-methyl/N-ethyl adjacent to an activating group) is 1. The third kappa shape index (κ3) is 3.59. The fourth-order valence-electron chi connectivity index (χ4n) is 1.32. The standard InChI is InChI=1S/C11H18N2OS2/c1-8-9(11(16)10(8)15)12-4-6-14-7-5-13(2)3/h12H,4-7H2,1-3H3. The Kier molecular flexibility index (Phi) is 5.48. The molecule has 1 N–H and O–H groups in total. The Balaban J connectivity index is 2.13. The lowest BCUT2D eigenvalue weighted by atomic mass is 10.1. The Labute approximate surface area is 107 Å². The van der Waals surface area contributed by atoms with Gasteiger partial charge in [0.2, 0.25) is 0 Å². The van der Waals surface area contributed by atoms with Crippen molar-refractivity contribution >= 4 is 30.1 Å². The summed E-state index contributed by atoms with van der Waals surface area (Å²) in [5, 5.41) is 3.25. The molecule has 0 fully saturated rings. The fourth-order valence-corrected chi connectivity index (χ4v) is 1.90. The van der Waals surface area contributed by atoms with Gasteiger partial charge in [-0.3, -0.25) is 0 Å². The Bertz CT molecular complexity index is 408. The van der Waals surface area contributed by atoms with Crippen LogP contribution in [0.25, 0.3) is 0 Å². The number of hydrogen-bond acceptors (Lipinski definition) is 5. The summed E-state index contributed by atoms with van der Waals surface area (Å²) in [6.07, 6.45) is 0. The highest BCUT2D eigenvalue weighted by Gasteiger charge is 2.08. The number of ether oxygens (including phenoxy) is 1. The van der Waals surface area contributed by atoms with Crippen LogP contribution in [0, 0.1) is 15.9 Å². The van der Waals surface area contributed by atoms with E-state index >= 15 is 0 Å². The van der Waals surface area contributed by atoms with Crippen LogP contribution in [0.3, 0.4) is 0 Å². The number of anilines is 1. The van der Waals surface area contributed by atoms with Gasteiger partial charge in [0, 0.05) is 13.1 Å². The number of rotatable bonds is 7. The van der Waals surface area contributed by atoms with Crippen LogP contribution in [0.5, 0.6) is 0 Å². The van der Waals surface area contributed by atoms with Crippen LogP contribution < -0.4 is 5.32 Å². The van der Waals surface area contributed by atoms with Gasteiger partial charge >= 0.3 is 0 Å². The second kappa shape index (κ2) is 6.39. The van der Waals surface area contributed by atoms with Gasteiger partial charge in [-0.15, -0.1) is 0 Å². The lowest BCUT2D eigenvalue weighted by molar-refractivity contribution is 0.126. The van der Waals surface area contributed by atoms with Crippen molar-refractivity contribution in [2.45, 2.75) is 6.92 Å². The molecule has 3 nitrogen and oxygen atoms in total. The maximum Gasteiger partial charge on any atom is 0.0795 e. The van der Waals surface area contributed by atoms with Gasteiger partial charge in [0.15, 0.2) is 0 Å². The Hall–Kier alpha value is -0.360. The molecule has 0 aromatic heterocycles. The van der Waals surface area contributed by atoms with Crippen LogP contribution in [-0.4, -0.2) is 45.3 Å². The van der Waals surface area contributed by atoms with Gasteiger partial charge in [-0.2, -0.15) is 0 Å².